The normalized spacial score (nSPS) is 36.1. The summed E-state index contributed by atoms with van der Waals surface area (Å²) in [5.41, 5.74) is 1.77. The molecule has 0 radical (unpaired) electrons. The van der Waals surface area contributed by atoms with E-state index in [1.807, 2.05) is 0 Å². The molecule has 4 aliphatic carbocycles. The lowest BCUT2D eigenvalue weighted by Crippen LogP contribution is -2.53. The van der Waals surface area contributed by atoms with Crippen LogP contribution in [0.2, 0.25) is 0 Å². The number of phenols is 1. The Morgan fingerprint density at radius 2 is 1.61 bits per heavy atom. The molecule has 1 unspecified atom stereocenters. The summed E-state index contributed by atoms with van der Waals surface area (Å²) >= 11 is 0. The maximum Gasteiger partial charge on any atom is 0.326 e. The number of aromatic hydroxyl groups is 1. The maximum atomic E-state index is 12.9. The zero-order valence-electron chi connectivity index (χ0n) is 28.3. The molecule has 0 aromatic heterocycles. The van der Waals surface area contributed by atoms with Crippen molar-refractivity contribution in [1.82, 2.24) is 5.32 Å². The SMILES string of the molecule is CC(C)CCC[C@@H](C)[C@H]1CC[C@H]2[C@@H]3CCC4C[C@@H](CCC(=O)N[C@@H](Cc5ccc(O)cc5)C(=O)O)CC[C@]4(C)[C@H]3CC[C@]12C. The molecule has 3 N–H and O–H groups in total. The van der Waals surface area contributed by atoms with Crippen LogP contribution in [-0.2, 0) is 16.0 Å². The van der Waals surface area contributed by atoms with E-state index in [9.17, 15) is 19.8 Å². The molecule has 5 heteroatoms. The van der Waals surface area contributed by atoms with Gasteiger partial charge in [0.05, 0.1) is 0 Å². The first-order valence-corrected chi connectivity index (χ1v) is 18.2. The number of nitrogens with one attached hydrogen (secondary N) is 1. The van der Waals surface area contributed by atoms with Crippen LogP contribution in [0.1, 0.15) is 130 Å². The number of carbonyl (C=O) groups is 2. The molecule has 0 aliphatic heterocycles. The topological polar surface area (TPSA) is 86.6 Å². The highest BCUT2D eigenvalue weighted by atomic mass is 16.4. The van der Waals surface area contributed by atoms with Crippen LogP contribution < -0.4 is 5.32 Å². The summed E-state index contributed by atoms with van der Waals surface area (Å²) in [6.45, 7) is 12.6. The molecule has 0 spiro atoms. The van der Waals surface area contributed by atoms with Crippen molar-refractivity contribution in [2.24, 2.45) is 58.2 Å². The minimum atomic E-state index is -1.02. The van der Waals surface area contributed by atoms with Crippen molar-refractivity contribution in [3.8, 4) is 5.75 Å². The zero-order valence-corrected chi connectivity index (χ0v) is 28.3. The van der Waals surface area contributed by atoms with Gasteiger partial charge >= 0.3 is 5.97 Å². The number of benzene rings is 1. The molecule has 0 heterocycles. The third kappa shape index (κ3) is 7.02. The summed E-state index contributed by atoms with van der Waals surface area (Å²) in [6.07, 6.45) is 17.9. The van der Waals surface area contributed by atoms with Gasteiger partial charge in [0.25, 0.3) is 0 Å². The van der Waals surface area contributed by atoms with Crippen LogP contribution >= 0.6 is 0 Å². The first-order valence-electron chi connectivity index (χ1n) is 18.2. The number of amides is 1. The van der Waals surface area contributed by atoms with E-state index in [0.717, 1.165) is 53.4 Å². The van der Waals surface area contributed by atoms with Gasteiger partial charge in [-0.15, -0.1) is 0 Å². The second-order valence-corrected chi connectivity index (χ2v) is 16.7. The average molecular weight is 608 g/mol. The van der Waals surface area contributed by atoms with Gasteiger partial charge in [-0.2, -0.15) is 0 Å². The summed E-state index contributed by atoms with van der Waals surface area (Å²) in [6, 6.07) is 5.56. The summed E-state index contributed by atoms with van der Waals surface area (Å²) in [7, 11) is 0. The second-order valence-electron chi connectivity index (χ2n) is 16.7. The van der Waals surface area contributed by atoms with Crippen molar-refractivity contribution in [2.45, 2.75) is 137 Å². The van der Waals surface area contributed by atoms with Crippen molar-refractivity contribution < 1.29 is 19.8 Å². The van der Waals surface area contributed by atoms with Gasteiger partial charge in [0.15, 0.2) is 0 Å². The minimum absolute atomic E-state index is 0.147. The molecule has 1 aromatic carbocycles. The number of fused-ring (bicyclic) bond motifs is 5. The van der Waals surface area contributed by atoms with E-state index in [1.165, 1.54) is 77.0 Å². The highest BCUT2D eigenvalue weighted by Gasteiger charge is 2.60. The van der Waals surface area contributed by atoms with Crippen molar-refractivity contribution in [1.29, 1.82) is 0 Å². The largest absolute Gasteiger partial charge is 0.508 e. The van der Waals surface area contributed by atoms with E-state index in [2.05, 4.69) is 39.9 Å². The fraction of sp³-hybridized carbons (Fsp3) is 0.795. The molecule has 0 saturated heterocycles. The highest BCUT2D eigenvalue weighted by Crippen LogP contribution is 2.68. The lowest BCUT2D eigenvalue weighted by atomic mass is 9.44. The van der Waals surface area contributed by atoms with E-state index in [4.69, 9.17) is 0 Å². The predicted molar refractivity (Wildman–Crippen MR) is 177 cm³/mol. The first-order chi connectivity index (χ1) is 20.9. The summed E-state index contributed by atoms with van der Waals surface area (Å²) in [5, 5.41) is 22.0. The Hall–Kier alpha value is -2.04. The first kappa shape index (κ1) is 33.3. The Kier molecular flexibility index (Phi) is 10.4. The molecule has 5 rings (SSSR count). The van der Waals surface area contributed by atoms with Crippen LogP contribution in [0.5, 0.6) is 5.75 Å². The van der Waals surface area contributed by atoms with Crippen molar-refractivity contribution in [3.05, 3.63) is 29.8 Å². The molecule has 4 aliphatic rings. The number of hydrogen-bond acceptors (Lipinski definition) is 3. The van der Waals surface area contributed by atoms with Gasteiger partial charge in [-0.05, 0) is 140 Å². The Labute approximate surface area is 267 Å². The van der Waals surface area contributed by atoms with Gasteiger partial charge in [0.1, 0.15) is 11.8 Å². The lowest BCUT2D eigenvalue weighted by Gasteiger charge is -2.61. The van der Waals surface area contributed by atoms with Crippen molar-refractivity contribution in [2.75, 3.05) is 0 Å². The third-order valence-corrected chi connectivity index (χ3v) is 13.8. The average Bonchev–Trinajstić information content (AvgIpc) is 3.33. The van der Waals surface area contributed by atoms with Crippen molar-refractivity contribution >= 4 is 11.9 Å². The molecule has 4 fully saturated rings. The molecule has 44 heavy (non-hydrogen) atoms. The quantitative estimate of drug-likeness (QED) is 0.221. The van der Waals surface area contributed by atoms with E-state index < -0.39 is 12.0 Å². The maximum absolute atomic E-state index is 12.9. The van der Waals surface area contributed by atoms with Gasteiger partial charge in [0.2, 0.25) is 5.91 Å². The van der Waals surface area contributed by atoms with Crippen LogP contribution in [0, 0.1) is 58.2 Å². The molecule has 246 valence electrons. The lowest BCUT2D eigenvalue weighted by molar-refractivity contribution is -0.142. The summed E-state index contributed by atoms with van der Waals surface area (Å²) in [5.74, 6) is 5.59. The fourth-order valence-electron chi connectivity index (χ4n) is 11.3. The van der Waals surface area contributed by atoms with E-state index >= 15 is 0 Å². The number of rotatable bonds is 12. The predicted octanol–water partition coefficient (Wildman–Crippen LogP) is 9.02. The Morgan fingerprint density at radius 3 is 2.32 bits per heavy atom. The van der Waals surface area contributed by atoms with Gasteiger partial charge in [0, 0.05) is 12.8 Å². The number of phenolic OH excluding ortho intramolecular Hbond substituents is 1. The molecule has 1 aromatic rings. The van der Waals surface area contributed by atoms with E-state index in [1.54, 1.807) is 24.3 Å². The molecule has 0 bridgehead atoms. The number of carbonyl (C=O) groups excluding carboxylic acids is 1. The Bertz CT molecular complexity index is 1130. The Morgan fingerprint density at radius 1 is 0.909 bits per heavy atom. The smallest absolute Gasteiger partial charge is 0.326 e. The van der Waals surface area contributed by atoms with Gasteiger partial charge in [-0.25, -0.2) is 4.79 Å². The molecule has 1 amide bonds. The monoisotopic (exact) mass is 607 g/mol. The number of hydrogen-bond donors (Lipinski definition) is 3. The third-order valence-electron chi connectivity index (χ3n) is 13.8. The second kappa shape index (κ2) is 13.8. The Balaban J connectivity index is 1.13. The van der Waals surface area contributed by atoms with Crippen LogP contribution in [0.3, 0.4) is 0 Å². The number of carboxylic acids is 1. The highest BCUT2D eigenvalue weighted by molar-refractivity contribution is 5.83. The van der Waals surface area contributed by atoms with E-state index in [-0.39, 0.29) is 18.1 Å². The van der Waals surface area contributed by atoms with E-state index in [0.29, 0.717) is 23.2 Å². The van der Waals surface area contributed by atoms with Crippen LogP contribution in [-0.4, -0.2) is 28.1 Å². The van der Waals surface area contributed by atoms with Gasteiger partial charge < -0.3 is 15.5 Å². The summed E-state index contributed by atoms with van der Waals surface area (Å²) in [4.78, 5) is 24.7. The van der Waals surface area contributed by atoms with Crippen LogP contribution in [0.25, 0.3) is 0 Å². The molecule has 5 nitrogen and oxygen atoms in total. The molecule has 10 atom stereocenters. The molecular formula is C39H61NO4. The molecular weight excluding hydrogens is 546 g/mol. The van der Waals surface area contributed by atoms with Crippen LogP contribution in [0.15, 0.2) is 24.3 Å². The number of carboxylic acid groups (broad SMARTS) is 1. The minimum Gasteiger partial charge on any atom is -0.508 e. The van der Waals surface area contributed by atoms with Gasteiger partial charge in [-0.3, -0.25) is 4.79 Å². The van der Waals surface area contributed by atoms with Gasteiger partial charge in [-0.1, -0.05) is 66.0 Å². The molecule has 4 saturated carbocycles. The number of aliphatic carboxylic acids is 1. The van der Waals surface area contributed by atoms with Crippen molar-refractivity contribution in [3.63, 3.8) is 0 Å². The standard InChI is InChI=1S/C39H61NO4/c1-25(2)7-6-8-26(3)32-16-17-33-31-15-12-29-23-28(19-21-38(29,4)34(31)20-22-39(32,33)5)11-18-36(42)40-35(37(43)44)24-27-9-13-30(41)14-10-27/h9-10,13-14,25-26,28-29,31-35,41H,6-8,11-12,15-24H2,1-5H3,(H,40,42)(H,43,44)/t26-,28+,29?,31+,32-,33+,34+,35+,38+,39-/m1/s1. The summed E-state index contributed by atoms with van der Waals surface area (Å²) < 4.78 is 0. The zero-order chi connectivity index (χ0) is 31.6. The van der Waals surface area contributed by atoms with Crippen LogP contribution in [0.4, 0.5) is 0 Å². The fourth-order valence-corrected chi connectivity index (χ4v) is 11.3.